The Bertz CT molecular complexity index is 738. The van der Waals surface area contributed by atoms with E-state index in [9.17, 15) is 4.79 Å². The van der Waals surface area contributed by atoms with Gasteiger partial charge in [-0.3, -0.25) is 14.7 Å². The SMILES string of the molecule is O=C(NCc1ccccc1)[C@@]12CCCCN1C[C@@H](Nc1cnccn1)C2. The summed E-state index contributed by atoms with van der Waals surface area (Å²) in [6.45, 7) is 2.43. The van der Waals surface area contributed by atoms with E-state index in [2.05, 4.69) is 25.5 Å². The number of carbonyl (C=O) groups is 1. The number of hydrogen-bond acceptors (Lipinski definition) is 5. The van der Waals surface area contributed by atoms with Crippen LogP contribution in [-0.2, 0) is 11.3 Å². The molecule has 0 saturated carbocycles. The summed E-state index contributed by atoms with van der Waals surface area (Å²) in [5.74, 6) is 0.932. The summed E-state index contributed by atoms with van der Waals surface area (Å²) in [6, 6.07) is 10.3. The number of piperidine rings is 1. The smallest absolute Gasteiger partial charge is 0.240 e. The molecule has 0 aliphatic carbocycles. The lowest BCUT2D eigenvalue weighted by Gasteiger charge is -2.40. The molecule has 2 aliphatic rings. The zero-order chi connectivity index (χ0) is 17.8. The molecule has 2 saturated heterocycles. The number of nitrogens with zero attached hydrogens (tertiary/aromatic N) is 3. The second-order valence-corrected chi connectivity index (χ2v) is 7.24. The van der Waals surface area contributed by atoms with Gasteiger partial charge in [0.05, 0.1) is 6.20 Å². The molecule has 0 unspecified atom stereocenters. The summed E-state index contributed by atoms with van der Waals surface area (Å²) in [7, 11) is 0. The lowest BCUT2D eigenvalue weighted by atomic mass is 9.84. The first kappa shape index (κ1) is 17.0. The van der Waals surface area contributed by atoms with Crippen molar-refractivity contribution in [2.24, 2.45) is 0 Å². The Labute approximate surface area is 154 Å². The van der Waals surface area contributed by atoms with Gasteiger partial charge in [0.2, 0.25) is 5.91 Å². The van der Waals surface area contributed by atoms with Gasteiger partial charge in [0.25, 0.3) is 0 Å². The van der Waals surface area contributed by atoms with Gasteiger partial charge in [-0.2, -0.15) is 0 Å². The maximum Gasteiger partial charge on any atom is 0.240 e. The van der Waals surface area contributed by atoms with Crippen LogP contribution < -0.4 is 10.6 Å². The molecular formula is C20H25N5O. The molecule has 6 nitrogen and oxygen atoms in total. The van der Waals surface area contributed by atoms with E-state index in [-0.39, 0.29) is 11.9 Å². The highest BCUT2D eigenvalue weighted by Crippen LogP contribution is 2.38. The third-order valence-electron chi connectivity index (χ3n) is 5.53. The highest BCUT2D eigenvalue weighted by Gasteiger charge is 2.51. The molecule has 2 fully saturated rings. The molecule has 1 amide bonds. The van der Waals surface area contributed by atoms with E-state index in [0.717, 1.165) is 50.2 Å². The van der Waals surface area contributed by atoms with Gasteiger partial charge in [0.1, 0.15) is 11.4 Å². The van der Waals surface area contributed by atoms with E-state index in [1.165, 1.54) is 0 Å². The predicted octanol–water partition coefficient (Wildman–Crippen LogP) is 2.20. The van der Waals surface area contributed by atoms with Crippen molar-refractivity contribution in [2.75, 3.05) is 18.4 Å². The highest BCUT2D eigenvalue weighted by atomic mass is 16.2. The van der Waals surface area contributed by atoms with Crippen molar-refractivity contribution in [2.45, 2.75) is 43.8 Å². The summed E-state index contributed by atoms with van der Waals surface area (Å²) in [5, 5.41) is 6.63. The first-order valence-corrected chi connectivity index (χ1v) is 9.36. The predicted molar refractivity (Wildman–Crippen MR) is 101 cm³/mol. The maximum atomic E-state index is 13.2. The van der Waals surface area contributed by atoms with Crippen LogP contribution in [0.3, 0.4) is 0 Å². The number of carbonyl (C=O) groups excluding carboxylic acids is 1. The van der Waals surface area contributed by atoms with Crippen molar-refractivity contribution in [1.82, 2.24) is 20.2 Å². The minimum atomic E-state index is -0.396. The minimum absolute atomic E-state index is 0.157. The summed E-state index contributed by atoms with van der Waals surface area (Å²) < 4.78 is 0. The summed E-state index contributed by atoms with van der Waals surface area (Å²) in [4.78, 5) is 24.0. The number of amides is 1. The van der Waals surface area contributed by atoms with Gasteiger partial charge in [-0.05, 0) is 37.8 Å². The van der Waals surface area contributed by atoms with E-state index >= 15 is 0 Å². The molecule has 3 heterocycles. The number of hydrogen-bond donors (Lipinski definition) is 2. The molecule has 2 aliphatic heterocycles. The zero-order valence-corrected chi connectivity index (χ0v) is 14.9. The molecule has 0 spiro atoms. The first-order valence-electron chi connectivity index (χ1n) is 9.36. The van der Waals surface area contributed by atoms with Gasteiger partial charge in [-0.1, -0.05) is 30.3 Å². The fraction of sp³-hybridized carbons (Fsp3) is 0.450. The van der Waals surface area contributed by atoms with E-state index in [1.807, 2.05) is 30.3 Å². The molecule has 1 aromatic heterocycles. The van der Waals surface area contributed by atoms with Crippen LogP contribution in [0.4, 0.5) is 5.82 Å². The Hall–Kier alpha value is -2.47. The molecule has 4 rings (SSSR count). The minimum Gasteiger partial charge on any atom is -0.365 e. The van der Waals surface area contributed by atoms with Crippen molar-refractivity contribution in [1.29, 1.82) is 0 Å². The van der Waals surface area contributed by atoms with Gasteiger partial charge in [-0.25, -0.2) is 4.98 Å². The van der Waals surface area contributed by atoms with E-state index in [4.69, 9.17) is 0 Å². The van der Waals surface area contributed by atoms with Gasteiger partial charge in [0.15, 0.2) is 0 Å². The van der Waals surface area contributed by atoms with Crippen molar-refractivity contribution in [3.63, 3.8) is 0 Å². The Balaban J connectivity index is 1.45. The average Bonchev–Trinajstić information content (AvgIpc) is 3.07. The van der Waals surface area contributed by atoms with Crippen LogP contribution in [0.2, 0.25) is 0 Å². The summed E-state index contributed by atoms with van der Waals surface area (Å²) in [5.41, 5.74) is 0.735. The van der Waals surface area contributed by atoms with Crippen LogP contribution in [-0.4, -0.2) is 45.4 Å². The average molecular weight is 351 g/mol. The molecule has 2 atom stereocenters. The normalized spacial score (nSPS) is 25.5. The molecule has 136 valence electrons. The summed E-state index contributed by atoms with van der Waals surface area (Å²) >= 11 is 0. The topological polar surface area (TPSA) is 70.2 Å². The Kier molecular flexibility index (Phi) is 4.84. The van der Waals surface area contributed by atoms with Crippen LogP contribution >= 0.6 is 0 Å². The Morgan fingerprint density at radius 2 is 2.12 bits per heavy atom. The van der Waals surface area contributed by atoms with Crippen LogP contribution in [0.1, 0.15) is 31.2 Å². The van der Waals surface area contributed by atoms with Gasteiger partial charge >= 0.3 is 0 Å². The monoisotopic (exact) mass is 351 g/mol. The van der Waals surface area contributed by atoms with Crippen LogP contribution in [0, 0.1) is 0 Å². The largest absolute Gasteiger partial charge is 0.365 e. The van der Waals surface area contributed by atoms with Crippen molar-refractivity contribution >= 4 is 11.7 Å². The van der Waals surface area contributed by atoms with Crippen LogP contribution in [0.15, 0.2) is 48.9 Å². The Morgan fingerprint density at radius 3 is 2.92 bits per heavy atom. The number of aromatic nitrogens is 2. The maximum absolute atomic E-state index is 13.2. The van der Waals surface area contributed by atoms with Gasteiger partial charge in [-0.15, -0.1) is 0 Å². The molecule has 0 bridgehead atoms. The van der Waals surface area contributed by atoms with Crippen LogP contribution in [0.25, 0.3) is 0 Å². The lowest BCUT2D eigenvalue weighted by molar-refractivity contribution is -0.134. The van der Waals surface area contributed by atoms with Crippen LogP contribution in [0.5, 0.6) is 0 Å². The first-order chi connectivity index (χ1) is 12.8. The van der Waals surface area contributed by atoms with Crippen molar-refractivity contribution < 1.29 is 4.79 Å². The molecule has 6 heteroatoms. The second-order valence-electron chi connectivity index (χ2n) is 7.24. The van der Waals surface area contributed by atoms with E-state index < -0.39 is 5.54 Å². The summed E-state index contributed by atoms with van der Waals surface area (Å²) in [6.07, 6.45) is 9.09. The lowest BCUT2D eigenvalue weighted by Crippen LogP contribution is -2.57. The third kappa shape index (κ3) is 3.42. The van der Waals surface area contributed by atoms with E-state index in [0.29, 0.717) is 6.54 Å². The van der Waals surface area contributed by atoms with Gasteiger partial charge < -0.3 is 10.6 Å². The van der Waals surface area contributed by atoms with Crippen molar-refractivity contribution in [3.05, 3.63) is 54.5 Å². The quantitative estimate of drug-likeness (QED) is 0.864. The second kappa shape index (κ2) is 7.41. The molecule has 2 N–H and O–H groups in total. The molecule has 26 heavy (non-hydrogen) atoms. The number of fused-ring (bicyclic) bond motifs is 1. The number of anilines is 1. The molecular weight excluding hydrogens is 326 g/mol. The van der Waals surface area contributed by atoms with Gasteiger partial charge in [0, 0.05) is 31.5 Å². The molecule has 2 aromatic rings. The number of nitrogens with one attached hydrogen (secondary N) is 2. The third-order valence-corrected chi connectivity index (χ3v) is 5.53. The fourth-order valence-corrected chi connectivity index (χ4v) is 4.30. The van der Waals surface area contributed by atoms with E-state index in [1.54, 1.807) is 18.6 Å². The zero-order valence-electron chi connectivity index (χ0n) is 14.9. The number of benzene rings is 1. The Morgan fingerprint density at radius 1 is 1.23 bits per heavy atom. The molecule has 0 radical (unpaired) electrons. The fourth-order valence-electron chi connectivity index (χ4n) is 4.30. The number of rotatable bonds is 5. The van der Waals surface area contributed by atoms with Crippen molar-refractivity contribution in [3.8, 4) is 0 Å². The molecule has 1 aromatic carbocycles. The standard InChI is InChI=1S/C20H25N5O/c26-19(23-13-16-6-2-1-3-7-16)20-8-4-5-11-25(20)15-17(12-20)24-18-14-21-9-10-22-18/h1-3,6-7,9-10,14,17H,4-5,8,11-13,15H2,(H,22,24)(H,23,26)/t17-,20-/m0/s1. The highest BCUT2D eigenvalue weighted by molar-refractivity contribution is 5.87.